The fourth-order valence-corrected chi connectivity index (χ4v) is 2.25. The van der Waals surface area contributed by atoms with Gasteiger partial charge in [0.25, 0.3) is 0 Å². The molecule has 0 spiro atoms. The van der Waals surface area contributed by atoms with Gasteiger partial charge < -0.3 is 10.7 Å². The molecule has 84 valence electrons. The smallest absolute Gasteiger partial charge is 0.0456 e. The SMILES string of the molecule is CS/C=C(\N)CCc1c[nH]c2ccccc12. The molecule has 0 aliphatic carbocycles. The standard InChI is InChI=1S/C13H16N2S/c1-16-9-11(14)7-6-10-8-15-13-5-3-2-4-12(10)13/h2-5,8-9,15H,6-7,14H2,1H3/b11-9-. The van der Waals surface area contributed by atoms with E-state index in [9.17, 15) is 0 Å². The van der Waals surface area contributed by atoms with Crippen LogP contribution in [0.25, 0.3) is 10.9 Å². The van der Waals surface area contributed by atoms with Gasteiger partial charge in [0.15, 0.2) is 0 Å². The number of thioether (sulfide) groups is 1. The van der Waals surface area contributed by atoms with Gasteiger partial charge >= 0.3 is 0 Å². The monoisotopic (exact) mass is 232 g/mol. The summed E-state index contributed by atoms with van der Waals surface area (Å²) >= 11 is 1.66. The number of allylic oxidation sites excluding steroid dienone is 1. The van der Waals surface area contributed by atoms with E-state index in [-0.39, 0.29) is 0 Å². The van der Waals surface area contributed by atoms with Crippen LogP contribution < -0.4 is 5.73 Å². The molecule has 3 N–H and O–H groups in total. The van der Waals surface area contributed by atoms with Crippen molar-refractivity contribution in [1.82, 2.24) is 4.98 Å². The number of aromatic nitrogens is 1. The van der Waals surface area contributed by atoms with Crippen LogP contribution in [0.4, 0.5) is 0 Å². The van der Waals surface area contributed by atoms with Crippen LogP contribution in [0.5, 0.6) is 0 Å². The molecule has 1 aromatic carbocycles. The van der Waals surface area contributed by atoms with Crippen LogP contribution in [0.1, 0.15) is 12.0 Å². The number of fused-ring (bicyclic) bond motifs is 1. The lowest BCUT2D eigenvalue weighted by molar-refractivity contribution is 0.936. The first-order valence-corrected chi connectivity index (χ1v) is 6.62. The number of nitrogens with one attached hydrogen (secondary N) is 1. The van der Waals surface area contributed by atoms with Gasteiger partial charge in [0.1, 0.15) is 0 Å². The molecule has 2 nitrogen and oxygen atoms in total. The van der Waals surface area contributed by atoms with Crippen molar-refractivity contribution in [2.75, 3.05) is 6.26 Å². The lowest BCUT2D eigenvalue weighted by Gasteiger charge is -2.00. The molecular formula is C13H16N2S. The zero-order valence-corrected chi connectivity index (χ0v) is 10.2. The molecule has 0 radical (unpaired) electrons. The van der Waals surface area contributed by atoms with Gasteiger partial charge in [-0.3, -0.25) is 0 Å². The molecule has 0 saturated carbocycles. The fourth-order valence-electron chi connectivity index (χ4n) is 1.83. The Morgan fingerprint density at radius 1 is 1.44 bits per heavy atom. The highest BCUT2D eigenvalue weighted by Gasteiger charge is 2.02. The number of rotatable bonds is 4. The van der Waals surface area contributed by atoms with E-state index in [1.165, 1.54) is 16.5 Å². The molecule has 2 aromatic rings. The largest absolute Gasteiger partial charge is 0.402 e. The second kappa shape index (κ2) is 5.12. The molecule has 2 rings (SSSR count). The van der Waals surface area contributed by atoms with E-state index in [1.54, 1.807) is 11.8 Å². The summed E-state index contributed by atoms with van der Waals surface area (Å²) in [6.45, 7) is 0. The van der Waals surface area contributed by atoms with E-state index in [0.29, 0.717) is 0 Å². The normalized spacial score (nSPS) is 12.2. The summed E-state index contributed by atoms with van der Waals surface area (Å²) in [6, 6.07) is 8.36. The Kier molecular flexibility index (Phi) is 3.57. The van der Waals surface area contributed by atoms with E-state index in [0.717, 1.165) is 18.5 Å². The highest BCUT2D eigenvalue weighted by molar-refractivity contribution is 8.01. The maximum Gasteiger partial charge on any atom is 0.0456 e. The molecule has 0 amide bonds. The highest BCUT2D eigenvalue weighted by atomic mass is 32.2. The number of H-pyrrole nitrogens is 1. The summed E-state index contributed by atoms with van der Waals surface area (Å²) in [5, 5.41) is 3.31. The molecule has 16 heavy (non-hydrogen) atoms. The Morgan fingerprint density at radius 2 is 2.25 bits per heavy atom. The summed E-state index contributed by atoms with van der Waals surface area (Å²) in [5.41, 5.74) is 9.37. The summed E-state index contributed by atoms with van der Waals surface area (Å²) in [6.07, 6.45) is 6.02. The first-order valence-electron chi connectivity index (χ1n) is 5.33. The van der Waals surface area contributed by atoms with Crippen molar-refractivity contribution in [2.24, 2.45) is 5.73 Å². The van der Waals surface area contributed by atoms with Gasteiger partial charge in [-0.2, -0.15) is 0 Å². The molecule has 0 atom stereocenters. The van der Waals surface area contributed by atoms with Crippen LogP contribution in [0.2, 0.25) is 0 Å². The van der Waals surface area contributed by atoms with E-state index >= 15 is 0 Å². The van der Waals surface area contributed by atoms with Crippen LogP contribution in [0, 0.1) is 0 Å². The maximum atomic E-state index is 5.87. The number of nitrogens with two attached hydrogens (primary N) is 1. The van der Waals surface area contributed by atoms with Crippen LogP contribution in [0.15, 0.2) is 41.6 Å². The van der Waals surface area contributed by atoms with E-state index in [4.69, 9.17) is 5.73 Å². The predicted molar refractivity (Wildman–Crippen MR) is 72.4 cm³/mol. The maximum absolute atomic E-state index is 5.87. The van der Waals surface area contributed by atoms with Crippen molar-refractivity contribution in [3.63, 3.8) is 0 Å². The van der Waals surface area contributed by atoms with Gasteiger partial charge in [0, 0.05) is 22.8 Å². The van der Waals surface area contributed by atoms with E-state index < -0.39 is 0 Å². The van der Waals surface area contributed by atoms with Crippen molar-refractivity contribution < 1.29 is 0 Å². The molecule has 0 aliphatic rings. The minimum atomic E-state index is 0.919. The first-order chi connectivity index (χ1) is 7.81. The minimum Gasteiger partial charge on any atom is -0.402 e. The topological polar surface area (TPSA) is 41.8 Å². The van der Waals surface area contributed by atoms with Gasteiger partial charge in [-0.25, -0.2) is 0 Å². The third kappa shape index (κ3) is 2.42. The summed E-state index contributed by atoms with van der Waals surface area (Å²) < 4.78 is 0. The van der Waals surface area contributed by atoms with Gasteiger partial charge in [-0.15, -0.1) is 11.8 Å². The van der Waals surface area contributed by atoms with Crippen LogP contribution in [-0.2, 0) is 6.42 Å². The third-order valence-corrected chi connectivity index (χ3v) is 3.17. The molecule has 3 heteroatoms. The van der Waals surface area contributed by atoms with Crippen molar-refractivity contribution in [2.45, 2.75) is 12.8 Å². The Morgan fingerprint density at radius 3 is 3.06 bits per heavy atom. The van der Waals surface area contributed by atoms with Crippen molar-refractivity contribution in [1.29, 1.82) is 0 Å². The number of aromatic amines is 1. The molecule has 1 heterocycles. The summed E-state index contributed by atoms with van der Waals surface area (Å²) in [4.78, 5) is 3.28. The quantitative estimate of drug-likeness (QED) is 0.849. The lowest BCUT2D eigenvalue weighted by Crippen LogP contribution is -1.98. The molecule has 0 bridgehead atoms. The molecule has 0 unspecified atom stereocenters. The van der Waals surface area contributed by atoms with Gasteiger partial charge in [-0.1, -0.05) is 18.2 Å². The Bertz CT molecular complexity index is 499. The van der Waals surface area contributed by atoms with Crippen molar-refractivity contribution in [3.8, 4) is 0 Å². The van der Waals surface area contributed by atoms with E-state index in [1.807, 2.05) is 17.7 Å². The summed E-state index contributed by atoms with van der Waals surface area (Å²) in [5.74, 6) is 0. The average molecular weight is 232 g/mol. The van der Waals surface area contributed by atoms with E-state index in [2.05, 4.69) is 29.4 Å². The molecule has 0 aliphatic heterocycles. The van der Waals surface area contributed by atoms with Gasteiger partial charge in [0.05, 0.1) is 0 Å². The lowest BCUT2D eigenvalue weighted by atomic mass is 10.1. The second-order valence-corrected chi connectivity index (χ2v) is 4.50. The second-order valence-electron chi connectivity index (χ2n) is 3.79. The number of hydrogen-bond donors (Lipinski definition) is 2. The third-order valence-electron chi connectivity index (χ3n) is 2.63. The number of aryl methyl sites for hydroxylation is 1. The average Bonchev–Trinajstić information content (AvgIpc) is 2.70. The van der Waals surface area contributed by atoms with Crippen LogP contribution in [0.3, 0.4) is 0 Å². The van der Waals surface area contributed by atoms with Crippen LogP contribution in [-0.4, -0.2) is 11.2 Å². The predicted octanol–water partition coefficient (Wildman–Crippen LogP) is 3.26. The molecule has 0 saturated heterocycles. The zero-order valence-electron chi connectivity index (χ0n) is 9.36. The number of para-hydroxylation sites is 1. The highest BCUT2D eigenvalue weighted by Crippen LogP contribution is 2.19. The minimum absolute atomic E-state index is 0.919. The zero-order chi connectivity index (χ0) is 11.4. The van der Waals surface area contributed by atoms with Crippen molar-refractivity contribution in [3.05, 3.63) is 47.1 Å². The number of benzene rings is 1. The Hall–Kier alpha value is -1.35. The van der Waals surface area contributed by atoms with Gasteiger partial charge in [0.2, 0.25) is 0 Å². The molecule has 0 fully saturated rings. The summed E-state index contributed by atoms with van der Waals surface area (Å²) in [7, 11) is 0. The van der Waals surface area contributed by atoms with Gasteiger partial charge in [-0.05, 0) is 36.1 Å². The molecule has 1 aromatic heterocycles. The van der Waals surface area contributed by atoms with Crippen LogP contribution >= 0.6 is 11.8 Å². The molecular weight excluding hydrogens is 216 g/mol. The first kappa shape index (κ1) is 11.1. The van der Waals surface area contributed by atoms with Crippen molar-refractivity contribution >= 4 is 22.7 Å². The Balaban J connectivity index is 2.13. The number of hydrogen-bond acceptors (Lipinski definition) is 2. The Labute approximate surface area is 99.9 Å². The fraction of sp³-hybridized carbons (Fsp3) is 0.231.